The van der Waals surface area contributed by atoms with Crippen LogP contribution in [-0.4, -0.2) is 9.55 Å². The largest absolute Gasteiger partial charge is 0.485 e. The minimum absolute atomic E-state index is 0.435. The normalized spacial score (nSPS) is 11.6. The van der Waals surface area contributed by atoms with E-state index in [2.05, 4.69) is 74.7 Å². The number of hydrogen-bond donors (Lipinski definition) is 0. The molecule has 3 aromatic rings. The van der Waals surface area contributed by atoms with Gasteiger partial charge in [0, 0.05) is 6.54 Å². The van der Waals surface area contributed by atoms with Crippen LogP contribution in [0.4, 0.5) is 0 Å². The van der Waals surface area contributed by atoms with Crippen molar-refractivity contribution >= 4 is 11.0 Å². The Balaban J connectivity index is 1.35. The molecule has 0 radical (unpaired) electrons. The van der Waals surface area contributed by atoms with Crippen molar-refractivity contribution < 1.29 is 4.74 Å². The minimum atomic E-state index is 0.435. The number of aryl methyl sites for hydroxylation is 2. The van der Waals surface area contributed by atoms with E-state index in [1.165, 1.54) is 119 Å². The van der Waals surface area contributed by atoms with E-state index in [1.54, 1.807) is 0 Å². The van der Waals surface area contributed by atoms with Crippen LogP contribution in [0.15, 0.2) is 42.5 Å². The SMILES string of the molecule is CCCCCCCCCCCCCCCCCCn1c(COc2cc(C)ccc2C(C)C)nc2ccccc21. The van der Waals surface area contributed by atoms with Gasteiger partial charge in [0.25, 0.3) is 0 Å². The first-order valence-electron chi connectivity index (χ1n) is 16.3. The fourth-order valence-electron chi connectivity index (χ4n) is 5.69. The molecule has 0 saturated heterocycles. The van der Waals surface area contributed by atoms with Crippen LogP contribution in [0.2, 0.25) is 0 Å². The fraction of sp³-hybridized carbons (Fsp3) is 0.639. The minimum Gasteiger partial charge on any atom is -0.485 e. The third kappa shape index (κ3) is 11.0. The van der Waals surface area contributed by atoms with Crippen molar-refractivity contribution in [3.63, 3.8) is 0 Å². The Morgan fingerprint density at radius 3 is 1.87 bits per heavy atom. The van der Waals surface area contributed by atoms with E-state index >= 15 is 0 Å². The van der Waals surface area contributed by atoms with E-state index in [4.69, 9.17) is 9.72 Å². The number of nitrogens with zero attached hydrogens (tertiary/aromatic N) is 2. The van der Waals surface area contributed by atoms with E-state index in [1.807, 2.05) is 0 Å². The molecule has 0 aliphatic carbocycles. The first-order valence-corrected chi connectivity index (χ1v) is 16.3. The molecule has 0 bridgehead atoms. The third-order valence-electron chi connectivity index (χ3n) is 8.12. The Kier molecular flexibility index (Phi) is 14.5. The van der Waals surface area contributed by atoms with Crippen LogP contribution >= 0.6 is 0 Å². The van der Waals surface area contributed by atoms with Gasteiger partial charge in [-0.2, -0.15) is 0 Å². The number of hydrogen-bond acceptors (Lipinski definition) is 2. The molecular formula is C36H56N2O. The summed E-state index contributed by atoms with van der Waals surface area (Å²) in [5.74, 6) is 2.46. The summed E-state index contributed by atoms with van der Waals surface area (Å²) < 4.78 is 8.78. The monoisotopic (exact) mass is 532 g/mol. The Morgan fingerprint density at radius 1 is 0.718 bits per heavy atom. The molecule has 1 heterocycles. The number of fused-ring (bicyclic) bond motifs is 1. The Morgan fingerprint density at radius 2 is 1.28 bits per heavy atom. The highest BCUT2D eigenvalue weighted by molar-refractivity contribution is 5.75. The van der Waals surface area contributed by atoms with Gasteiger partial charge in [-0.05, 0) is 48.6 Å². The second-order valence-corrected chi connectivity index (χ2v) is 12.0. The van der Waals surface area contributed by atoms with Crippen LogP contribution in [0.25, 0.3) is 11.0 Å². The van der Waals surface area contributed by atoms with Crippen molar-refractivity contribution in [1.82, 2.24) is 9.55 Å². The van der Waals surface area contributed by atoms with Crippen LogP contribution in [0.5, 0.6) is 5.75 Å². The summed E-state index contributed by atoms with van der Waals surface area (Å²) >= 11 is 0. The van der Waals surface area contributed by atoms with Crippen molar-refractivity contribution in [1.29, 1.82) is 0 Å². The second-order valence-electron chi connectivity index (χ2n) is 12.0. The van der Waals surface area contributed by atoms with Gasteiger partial charge in [0.15, 0.2) is 0 Å². The zero-order valence-corrected chi connectivity index (χ0v) is 25.6. The highest BCUT2D eigenvalue weighted by atomic mass is 16.5. The lowest BCUT2D eigenvalue weighted by molar-refractivity contribution is 0.285. The summed E-state index contributed by atoms with van der Waals surface area (Å²) in [4.78, 5) is 4.95. The van der Waals surface area contributed by atoms with Gasteiger partial charge in [0.2, 0.25) is 0 Å². The van der Waals surface area contributed by atoms with Crippen molar-refractivity contribution in [2.75, 3.05) is 0 Å². The smallest absolute Gasteiger partial charge is 0.147 e. The molecule has 3 rings (SSSR count). The van der Waals surface area contributed by atoms with E-state index in [-0.39, 0.29) is 0 Å². The lowest BCUT2D eigenvalue weighted by atomic mass is 10.0. The van der Waals surface area contributed by atoms with Crippen molar-refractivity contribution in [2.45, 2.75) is 149 Å². The molecule has 0 aliphatic heterocycles. The number of para-hydroxylation sites is 2. The van der Waals surface area contributed by atoms with Crippen LogP contribution in [0.1, 0.15) is 146 Å². The molecule has 0 unspecified atom stereocenters. The second kappa shape index (κ2) is 18.1. The first-order chi connectivity index (χ1) is 19.1. The average molecular weight is 533 g/mol. The summed E-state index contributed by atoms with van der Waals surface area (Å²) in [6.07, 6.45) is 22.4. The summed E-state index contributed by atoms with van der Waals surface area (Å²) in [6, 6.07) is 15.1. The topological polar surface area (TPSA) is 27.1 Å². The fourth-order valence-corrected chi connectivity index (χ4v) is 5.69. The number of imidazole rings is 1. The van der Waals surface area contributed by atoms with Gasteiger partial charge in [-0.15, -0.1) is 0 Å². The molecule has 0 aliphatic rings. The predicted octanol–water partition coefficient (Wildman–Crippen LogP) is 11.3. The summed E-state index contributed by atoms with van der Waals surface area (Å²) in [5, 5.41) is 0. The van der Waals surface area contributed by atoms with Gasteiger partial charge in [-0.3, -0.25) is 0 Å². The molecule has 0 amide bonds. The van der Waals surface area contributed by atoms with Crippen molar-refractivity contribution in [3.8, 4) is 5.75 Å². The van der Waals surface area contributed by atoms with Crippen LogP contribution in [0.3, 0.4) is 0 Å². The predicted molar refractivity (Wildman–Crippen MR) is 169 cm³/mol. The molecule has 39 heavy (non-hydrogen) atoms. The molecule has 0 spiro atoms. The molecule has 3 heteroatoms. The van der Waals surface area contributed by atoms with Gasteiger partial charge in [-0.25, -0.2) is 4.98 Å². The lowest BCUT2D eigenvalue weighted by Crippen LogP contribution is -2.09. The van der Waals surface area contributed by atoms with Crippen LogP contribution in [0, 0.1) is 6.92 Å². The standard InChI is InChI=1S/C36H56N2O/c1-5-6-7-8-9-10-11-12-13-14-15-16-17-18-19-22-27-38-34-24-21-20-23-33(34)37-36(38)29-39-35-28-31(4)25-26-32(35)30(2)3/h20-21,23-26,28,30H,5-19,22,27,29H2,1-4H3. The average Bonchev–Trinajstić information content (AvgIpc) is 3.28. The van der Waals surface area contributed by atoms with Crippen molar-refractivity contribution in [2.24, 2.45) is 0 Å². The zero-order valence-electron chi connectivity index (χ0n) is 25.6. The van der Waals surface area contributed by atoms with Gasteiger partial charge in [0.1, 0.15) is 18.2 Å². The van der Waals surface area contributed by atoms with Gasteiger partial charge < -0.3 is 9.30 Å². The van der Waals surface area contributed by atoms with E-state index in [9.17, 15) is 0 Å². The molecule has 0 N–H and O–H groups in total. The molecular weight excluding hydrogens is 476 g/mol. The summed E-state index contributed by atoms with van der Waals surface area (Å²) in [7, 11) is 0. The molecule has 3 nitrogen and oxygen atoms in total. The Labute approximate surface area is 239 Å². The first kappa shape index (κ1) is 31.2. The maximum Gasteiger partial charge on any atom is 0.147 e. The zero-order chi connectivity index (χ0) is 27.7. The van der Waals surface area contributed by atoms with Gasteiger partial charge >= 0.3 is 0 Å². The highest BCUT2D eigenvalue weighted by Crippen LogP contribution is 2.29. The maximum absolute atomic E-state index is 6.39. The Bertz CT molecular complexity index is 1070. The number of unbranched alkanes of at least 4 members (excludes halogenated alkanes) is 15. The third-order valence-corrected chi connectivity index (χ3v) is 8.12. The molecule has 0 atom stereocenters. The quantitative estimate of drug-likeness (QED) is 0.128. The molecule has 216 valence electrons. The number of benzene rings is 2. The van der Waals surface area contributed by atoms with E-state index in [0.717, 1.165) is 23.6 Å². The number of ether oxygens (including phenoxy) is 1. The summed E-state index contributed by atoms with van der Waals surface area (Å²) in [5.41, 5.74) is 4.79. The lowest BCUT2D eigenvalue weighted by Gasteiger charge is -2.15. The maximum atomic E-state index is 6.39. The molecule has 1 aromatic heterocycles. The van der Waals surface area contributed by atoms with Gasteiger partial charge in [-0.1, -0.05) is 141 Å². The van der Waals surface area contributed by atoms with E-state index < -0.39 is 0 Å². The number of aromatic nitrogens is 2. The molecule has 0 saturated carbocycles. The van der Waals surface area contributed by atoms with Gasteiger partial charge in [0.05, 0.1) is 11.0 Å². The van der Waals surface area contributed by atoms with E-state index in [0.29, 0.717) is 12.5 Å². The highest BCUT2D eigenvalue weighted by Gasteiger charge is 2.13. The molecule has 2 aromatic carbocycles. The van der Waals surface area contributed by atoms with Crippen LogP contribution in [-0.2, 0) is 13.2 Å². The summed E-state index contributed by atoms with van der Waals surface area (Å²) in [6.45, 7) is 10.4. The number of rotatable bonds is 21. The Hall–Kier alpha value is -2.29. The van der Waals surface area contributed by atoms with Crippen molar-refractivity contribution in [3.05, 3.63) is 59.4 Å². The molecule has 0 fully saturated rings. The van der Waals surface area contributed by atoms with Crippen LogP contribution < -0.4 is 4.74 Å².